The lowest BCUT2D eigenvalue weighted by atomic mass is 10.0. The van der Waals surface area contributed by atoms with Crippen molar-refractivity contribution in [3.63, 3.8) is 0 Å². The van der Waals surface area contributed by atoms with Gasteiger partial charge >= 0.3 is 0 Å². The van der Waals surface area contributed by atoms with Gasteiger partial charge < -0.3 is 19.9 Å². The summed E-state index contributed by atoms with van der Waals surface area (Å²) in [7, 11) is 0. The first-order valence-electron chi connectivity index (χ1n) is 28.7. The molecule has 0 radical (unpaired) electrons. The molecule has 404 valence electrons. The van der Waals surface area contributed by atoms with Crippen LogP contribution in [0, 0.1) is 0 Å². The standard InChI is InChI=1S/C76H50N10/c1-7-19-47(20-8-1)69-53-31-35-57(77-53)71(49-23-11-3-12-24-49)61-39-43-65(81-61)75(66-44-40-62(82-66)72(50-25-13-4-14-26-50)58-36-32-54(69)78-58)85-86-76-67-45-41-63(83-67)73(51-27-15-5-16-28-51)59-37-33-55(79-59)70(48-21-9-2-10-22-48)56-34-38-60(80-56)74(52-29-17-6-18-30-52)64-42-46-68(76)84-64/h1-46,77,79,82,84H. The highest BCUT2D eigenvalue weighted by atomic mass is 15.1. The number of azo groups is 1. The summed E-state index contributed by atoms with van der Waals surface area (Å²) in [5.41, 5.74) is 25.8. The Labute approximate surface area is 494 Å². The summed E-state index contributed by atoms with van der Waals surface area (Å²) in [6, 6.07) is 79.5. The van der Waals surface area contributed by atoms with Crippen LogP contribution in [0.5, 0.6) is 0 Å². The van der Waals surface area contributed by atoms with Gasteiger partial charge in [0, 0.05) is 66.5 Å². The molecule has 6 aromatic heterocycles. The summed E-state index contributed by atoms with van der Waals surface area (Å²) < 4.78 is 0. The highest BCUT2D eigenvalue weighted by molar-refractivity contribution is 6.01. The quantitative estimate of drug-likeness (QED) is 0.113. The van der Waals surface area contributed by atoms with Gasteiger partial charge in [0.25, 0.3) is 0 Å². The van der Waals surface area contributed by atoms with Crippen LogP contribution in [0.25, 0.3) is 160 Å². The fourth-order valence-electron chi connectivity index (χ4n) is 12.1. The summed E-state index contributed by atoms with van der Waals surface area (Å²) in [6.45, 7) is 0. The van der Waals surface area contributed by atoms with Gasteiger partial charge in [-0.3, -0.25) is 0 Å². The van der Waals surface area contributed by atoms with Gasteiger partial charge in [0.15, 0.2) is 0 Å². The highest BCUT2D eigenvalue weighted by Crippen LogP contribution is 2.42. The van der Waals surface area contributed by atoms with E-state index in [0.717, 1.165) is 134 Å². The van der Waals surface area contributed by atoms with Crippen LogP contribution in [-0.4, -0.2) is 39.9 Å². The van der Waals surface area contributed by atoms with Gasteiger partial charge in [-0.2, -0.15) is 0 Å². The minimum atomic E-state index is 0.529. The molecule has 10 heteroatoms. The lowest BCUT2D eigenvalue weighted by Gasteiger charge is -2.06. The summed E-state index contributed by atoms with van der Waals surface area (Å²) >= 11 is 0. The van der Waals surface area contributed by atoms with Gasteiger partial charge in [0.05, 0.1) is 56.6 Å². The Kier molecular flexibility index (Phi) is 12.3. The van der Waals surface area contributed by atoms with E-state index in [9.17, 15) is 0 Å². The number of aromatic amines is 4. The molecule has 10 nitrogen and oxygen atoms in total. The maximum atomic E-state index is 5.51. The second kappa shape index (κ2) is 21.1. The van der Waals surface area contributed by atoms with Crippen molar-refractivity contribution >= 4 is 104 Å². The van der Waals surface area contributed by atoms with E-state index in [1.165, 1.54) is 0 Å². The first-order chi connectivity index (χ1) is 42.6. The molecular formula is C76H50N10. The molecule has 16 bridgehead atoms. The largest absolute Gasteiger partial charge is 0.354 e. The van der Waals surface area contributed by atoms with Crippen molar-refractivity contribution in [2.75, 3.05) is 0 Å². The van der Waals surface area contributed by atoms with Gasteiger partial charge in [-0.15, -0.1) is 10.2 Å². The smallest absolute Gasteiger partial charge is 0.135 e. The van der Waals surface area contributed by atoms with Gasteiger partial charge in [0.1, 0.15) is 11.4 Å². The summed E-state index contributed by atoms with van der Waals surface area (Å²) in [6.07, 6.45) is 16.7. The molecule has 12 aromatic rings. The molecule has 0 unspecified atom stereocenters. The molecular weight excluding hydrogens is 1050 g/mol. The number of hydrogen-bond donors (Lipinski definition) is 4. The first-order valence-corrected chi connectivity index (χ1v) is 28.7. The molecule has 4 aliphatic heterocycles. The van der Waals surface area contributed by atoms with Crippen LogP contribution < -0.4 is 0 Å². The predicted molar refractivity (Wildman–Crippen MR) is 355 cm³/mol. The molecule has 0 fully saturated rings. The number of fused-ring (bicyclic) bond motifs is 16. The van der Waals surface area contributed by atoms with Crippen molar-refractivity contribution in [1.29, 1.82) is 0 Å². The Morgan fingerprint density at radius 2 is 0.360 bits per heavy atom. The van der Waals surface area contributed by atoms with E-state index in [2.05, 4.69) is 251 Å². The molecule has 10 heterocycles. The van der Waals surface area contributed by atoms with Gasteiger partial charge in [0.2, 0.25) is 0 Å². The molecule has 0 aliphatic carbocycles. The third-order valence-electron chi connectivity index (χ3n) is 16.1. The van der Waals surface area contributed by atoms with E-state index in [1.54, 1.807) is 0 Å². The van der Waals surface area contributed by atoms with Crippen LogP contribution in [0.1, 0.15) is 45.6 Å². The summed E-state index contributed by atoms with van der Waals surface area (Å²) in [5, 5.41) is 10.7. The van der Waals surface area contributed by atoms with E-state index in [1.807, 2.05) is 48.6 Å². The monoisotopic (exact) mass is 1100 g/mol. The second-order valence-electron chi connectivity index (χ2n) is 21.3. The average Bonchev–Trinajstić information content (AvgIpc) is 2.67. The fourth-order valence-corrected chi connectivity index (χ4v) is 12.1. The normalized spacial score (nSPS) is 12.4. The molecule has 0 saturated carbocycles. The maximum absolute atomic E-state index is 5.51. The topological polar surface area (TPSA) is 139 Å². The molecule has 4 N–H and O–H groups in total. The number of nitrogens with one attached hydrogen (secondary N) is 4. The van der Waals surface area contributed by atoms with Gasteiger partial charge in [-0.1, -0.05) is 182 Å². The number of rotatable bonds is 8. The number of aromatic nitrogens is 8. The van der Waals surface area contributed by atoms with Crippen molar-refractivity contribution in [3.05, 3.63) is 276 Å². The minimum absolute atomic E-state index is 0.529. The zero-order valence-electron chi connectivity index (χ0n) is 46.2. The Morgan fingerprint density at radius 1 is 0.186 bits per heavy atom. The number of H-pyrrole nitrogens is 4. The van der Waals surface area contributed by atoms with E-state index < -0.39 is 0 Å². The molecule has 0 amide bonds. The zero-order valence-corrected chi connectivity index (χ0v) is 46.2. The first kappa shape index (κ1) is 49.9. The van der Waals surface area contributed by atoms with Crippen LogP contribution in [0.4, 0.5) is 11.4 Å². The molecule has 16 rings (SSSR count). The Balaban J connectivity index is 0.999. The average molecular weight is 1100 g/mol. The number of nitrogens with zero attached hydrogens (tertiary/aromatic N) is 6. The lowest BCUT2D eigenvalue weighted by Crippen LogP contribution is -1.88. The van der Waals surface area contributed by atoms with Crippen molar-refractivity contribution in [1.82, 2.24) is 39.9 Å². The minimum Gasteiger partial charge on any atom is -0.354 e. The third kappa shape index (κ3) is 9.02. The van der Waals surface area contributed by atoms with Gasteiger partial charge in [-0.25, -0.2) is 19.9 Å². The second-order valence-corrected chi connectivity index (χ2v) is 21.3. The number of hydrogen-bond acceptors (Lipinski definition) is 6. The molecule has 4 aliphatic rings. The maximum Gasteiger partial charge on any atom is 0.135 e. The predicted octanol–water partition coefficient (Wildman–Crippen LogP) is 20.0. The molecule has 86 heavy (non-hydrogen) atoms. The van der Waals surface area contributed by atoms with Crippen molar-refractivity contribution in [2.24, 2.45) is 10.2 Å². The van der Waals surface area contributed by atoms with E-state index in [-0.39, 0.29) is 0 Å². The van der Waals surface area contributed by atoms with E-state index >= 15 is 0 Å². The molecule has 6 aromatic carbocycles. The number of benzene rings is 6. The SMILES string of the molecule is C1=Cc2nc1c(N=Nc1c3nc(c(-c4ccccc4)c4ccc([nH]4)c(-c4ccccc4)c4nc(c(-c5ccccc5)c5ccc1[nH]5)C=C4)C=C3)c1ccc([nH]1)c(-c1ccccc1)c1nc(c(-c3ccccc3)c3ccc([nH]3)c2-c2ccccc2)C=C1. The van der Waals surface area contributed by atoms with E-state index in [0.29, 0.717) is 33.8 Å². The van der Waals surface area contributed by atoms with Crippen LogP contribution in [0.3, 0.4) is 0 Å². The lowest BCUT2D eigenvalue weighted by molar-refractivity contribution is 1.19. The van der Waals surface area contributed by atoms with Crippen LogP contribution in [-0.2, 0) is 0 Å². The molecule has 0 atom stereocenters. The zero-order chi connectivity index (χ0) is 56.9. The van der Waals surface area contributed by atoms with Crippen LogP contribution in [0.2, 0.25) is 0 Å². The van der Waals surface area contributed by atoms with Crippen LogP contribution in [0.15, 0.2) is 241 Å². The fraction of sp³-hybridized carbons (Fsp3) is 0. The molecule has 0 spiro atoms. The van der Waals surface area contributed by atoms with Crippen LogP contribution >= 0.6 is 0 Å². The third-order valence-corrected chi connectivity index (χ3v) is 16.1. The van der Waals surface area contributed by atoms with Gasteiger partial charge in [-0.05, 0) is 131 Å². The molecule has 0 saturated heterocycles. The Bertz CT molecular complexity index is 4780. The van der Waals surface area contributed by atoms with E-state index in [4.69, 9.17) is 30.2 Å². The van der Waals surface area contributed by atoms with Crippen molar-refractivity contribution in [2.45, 2.75) is 0 Å². The van der Waals surface area contributed by atoms with Crippen molar-refractivity contribution < 1.29 is 0 Å². The Hall–Kier alpha value is -11.9. The highest BCUT2D eigenvalue weighted by Gasteiger charge is 2.22. The summed E-state index contributed by atoms with van der Waals surface area (Å²) in [4.78, 5) is 37.3. The van der Waals surface area contributed by atoms with Crippen molar-refractivity contribution in [3.8, 4) is 66.8 Å². The summed E-state index contributed by atoms with van der Waals surface area (Å²) in [5.74, 6) is 0. The Morgan fingerprint density at radius 3 is 0.581 bits per heavy atom.